The minimum Gasteiger partial charge on any atom is -0.376 e. The van der Waals surface area contributed by atoms with Crippen LogP contribution in [0.1, 0.15) is 18.4 Å². The summed E-state index contributed by atoms with van der Waals surface area (Å²) in [6, 6.07) is 3.56. The van der Waals surface area contributed by atoms with Crippen LogP contribution >= 0.6 is 0 Å². The minimum absolute atomic E-state index is 0.0541. The molecule has 0 radical (unpaired) electrons. The molecule has 7 heteroatoms. The Bertz CT molecular complexity index is 718. The van der Waals surface area contributed by atoms with Crippen molar-refractivity contribution in [1.29, 1.82) is 0 Å². The Hall–Kier alpha value is -1.89. The lowest BCUT2D eigenvalue weighted by Gasteiger charge is -2.14. The van der Waals surface area contributed by atoms with Gasteiger partial charge < -0.3 is 4.74 Å². The van der Waals surface area contributed by atoms with E-state index in [4.69, 9.17) is 4.74 Å². The number of nitrogens with zero attached hydrogens (tertiary/aromatic N) is 2. The molecular formula is C14H13F3N2O2. The van der Waals surface area contributed by atoms with Crippen LogP contribution in [0.4, 0.5) is 13.2 Å². The third-order valence-corrected chi connectivity index (χ3v) is 3.58. The molecule has 3 rings (SSSR count). The Kier molecular flexibility index (Phi) is 3.44. The van der Waals surface area contributed by atoms with Gasteiger partial charge in [-0.15, -0.1) is 0 Å². The molecule has 0 unspecified atom stereocenters. The van der Waals surface area contributed by atoms with Crippen molar-refractivity contribution in [3.8, 4) is 0 Å². The smallest absolute Gasteiger partial charge is 0.376 e. The number of hydrogen-bond donors (Lipinski definition) is 0. The molecule has 21 heavy (non-hydrogen) atoms. The molecule has 1 aromatic carbocycles. The second kappa shape index (κ2) is 5.14. The number of hydrogen-bond acceptors (Lipinski definition) is 3. The van der Waals surface area contributed by atoms with E-state index in [0.717, 1.165) is 18.9 Å². The summed E-state index contributed by atoms with van der Waals surface area (Å²) >= 11 is 0. The predicted octanol–water partition coefficient (Wildman–Crippen LogP) is 2.59. The molecule has 0 saturated carbocycles. The molecule has 112 valence electrons. The van der Waals surface area contributed by atoms with Crippen molar-refractivity contribution in [2.45, 2.75) is 31.7 Å². The monoisotopic (exact) mass is 298 g/mol. The van der Waals surface area contributed by atoms with Crippen molar-refractivity contribution in [2.75, 3.05) is 6.61 Å². The maximum atomic E-state index is 13.0. The van der Waals surface area contributed by atoms with Gasteiger partial charge in [0.25, 0.3) is 5.56 Å². The number of ether oxygens (including phenoxy) is 1. The molecule has 1 atom stereocenters. The predicted molar refractivity (Wildman–Crippen MR) is 70.0 cm³/mol. The number of benzene rings is 1. The van der Waals surface area contributed by atoms with Crippen LogP contribution in [0.15, 0.2) is 29.3 Å². The molecule has 4 nitrogen and oxygen atoms in total. The van der Waals surface area contributed by atoms with Gasteiger partial charge in [-0.25, -0.2) is 4.98 Å². The number of alkyl halides is 3. The summed E-state index contributed by atoms with van der Waals surface area (Å²) < 4.78 is 45.7. The van der Waals surface area contributed by atoms with Crippen LogP contribution in [0.3, 0.4) is 0 Å². The summed E-state index contributed by atoms with van der Waals surface area (Å²) in [5, 5.41) is -0.384. The van der Waals surface area contributed by atoms with Gasteiger partial charge in [0.15, 0.2) is 0 Å². The van der Waals surface area contributed by atoms with Gasteiger partial charge in [0, 0.05) is 6.61 Å². The fourth-order valence-electron chi connectivity index (χ4n) is 2.57. The molecule has 0 N–H and O–H groups in total. The summed E-state index contributed by atoms with van der Waals surface area (Å²) in [4.78, 5) is 16.3. The third-order valence-electron chi connectivity index (χ3n) is 3.58. The van der Waals surface area contributed by atoms with E-state index >= 15 is 0 Å². The number of rotatable bonds is 2. The highest BCUT2D eigenvalue weighted by Gasteiger charge is 2.34. The summed E-state index contributed by atoms with van der Waals surface area (Å²) in [6.45, 7) is 0.849. The first-order valence-corrected chi connectivity index (χ1v) is 6.64. The first-order chi connectivity index (χ1) is 9.97. The molecule has 1 aliphatic rings. The SMILES string of the molecule is O=c1c2c(C(F)(F)F)cccc2ncn1C[C@H]1CCCO1. The van der Waals surface area contributed by atoms with Crippen molar-refractivity contribution in [3.63, 3.8) is 0 Å². The zero-order valence-corrected chi connectivity index (χ0v) is 11.1. The van der Waals surface area contributed by atoms with Gasteiger partial charge in [-0.2, -0.15) is 13.2 Å². The zero-order valence-electron chi connectivity index (χ0n) is 11.1. The van der Waals surface area contributed by atoms with Crippen molar-refractivity contribution >= 4 is 10.9 Å². The Balaban J connectivity index is 2.12. The normalized spacial score (nSPS) is 19.3. The summed E-state index contributed by atoms with van der Waals surface area (Å²) in [7, 11) is 0. The summed E-state index contributed by atoms with van der Waals surface area (Å²) in [6.07, 6.45) is -1.74. The van der Waals surface area contributed by atoms with Gasteiger partial charge in [-0.05, 0) is 25.0 Å². The average molecular weight is 298 g/mol. The lowest BCUT2D eigenvalue weighted by Crippen LogP contribution is -2.28. The van der Waals surface area contributed by atoms with Gasteiger partial charge in [0.2, 0.25) is 0 Å². The van der Waals surface area contributed by atoms with Crippen molar-refractivity contribution in [2.24, 2.45) is 0 Å². The van der Waals surface area contributed by atoms with Crippen molar-refractivity contribution < 1.29 is 17.9 Å². The van der Waals surface area contributed by atoms with Gasteiger partial charge in [-0.1, -0.05) is 6.07 Å². The van der Waals surface area contributed by atoms with E-state index < -0.39 is 17.3 Å². The van der Waals surface area contributed by atoms with E-state index in [9.17, 15) is 18.0 Å². The van der Waals surface area contributed by atoms with Crippen LogP contribution in [0.25, 0.3) is 10.9 Å². The Morgan fingerprint density at radius 2 is 2.19 bits per heavy atom. The molecule has 0 bridgehead atoms. The Morgan fingerprint density at radius 1 is 1.38 bits per heavy atom. The second-order valence-electron chi connectivity index (χ2n) is 5.03. The van der Waals surface area contributed by atoms with Crippen LogP contribution in [-0.4, -0.2) is 22.3 Å². The van der Waals surface area contributed by atoms with E-state index in [1.165, 1.54) is 23.0 Å². The lowest BCUT2D eigenvalue weighted by molar-refractivity contribution is -0.136. The van der Waals surface area contributed by atoms with Crippen molar-refractivity contribution in [1.82, 2.24) is 9.55 Å². The second-order valence-corrected chi connectivity index (χ2v) is 5.03. The molecule has 0 amide bonds. The zero-order chi connectivity index (χ0) is 15.0. The molecule has 0 aliphatic carbocycles. The van der Waals surface area contributed by atoms with E-state index in [0.29, 0.717) is 6.61 Å². The highest BCUT2D eigenvalue weighted by atomic mass is 19.4. The van der Waals surface area contributed by atoms with Gasteiger partial charge in [0.1, 0.15) is 0 Å². The van der Waals surface area contributed by atoms with E-state index in [1.807, 2.05) is 0 Å². The molecule has 0 spiro atoms. The maximum Gasteiger partial charge on any atom is 0.417 e. The Labute approximate surface area is 118 Å². The molecule has 2 aromatic rings. The largest absolute Gasteiger partial charge is 0.417 e. The standard InChI is InChI=1S/C14H13F3N2O2/c15-14(16,17)10-4-1-5-11-12(10)13(20)19(8-18-11)7-9-3-2-6-21-9/h1,4-5,8-9H,2-3,6-7H2/t9-/m1/s1. The lowest BCUT2D eigenvalue weighted by atomic mass is 10.1. The van der Waals surface area contributed by atoms with Crippen LogP contribution in [0.2, 0.25) is 0 Å². The fraction of sp³-hybridized carbons (Fsp3) is 0.429. The van der Waals surface area contributed by atoms with Gasteiger partial charge in [-0.3, -0.25) is 9.36 Å². The van der Waals surface area contributed by atoms with Crippen LogP contribution in [0.5, 0.6) is 0 Å². The van der Waals surface area contributed by atoms with Crippen LogP contribution in [-0.2, 0) is 17.5 Å². The van der Waals surface area contributed by atoms with Crippen molar-refractivity contribution in [3.05, 3.63) is 40.4 Å². The third kappa shape index (κ3) is 2.65. The van der Waals surface area contributed by atoms with E-state index in [2.05, 4.69) is 4.98 Å². The highest BCUT2D eigenvalue weighted by molar-refractivity contribution is 5.81. The minimum atomic E-state index is -4.58. The quantitative estimate of drug-likeness (QED) is 0.856. The first kappa shape index (κ1) is 14.1. The van der Waals surface area contributed by atoms with Crippen LogP contribution in [0, 0.1) is 0 Å². The van der Waals surface area contributed by atoms with Crippen LogP contribution < -0.4 is 5.56 Å². The summed E-state index contributed by atoms with van der Waals surface area (Å²) in [5.41, 5.74) is -1.57. The number of aromatic nitrogens is 2. The van der Waals surface area contributed by atoms with E-state index in [-0.39, 0.29) is 23.6 Å². The van der Waals surface area contributed by atoms with Gasteiger partial charge in [0.05, 0.1) is 35.4 Å². The fourth-order valence-corrected chi connectivity index (χ4v) is 2.57. The molecular weight excluding hydrogens is 285 g/mol. The highest BCUT2D eigenvalue weighted by Crippen LogP contribution is 2.32. The molecule has 1 fully saturated rings. The number of fused-ring (bicyclic) bond motifs is 1. The van der Waals surface area contributed by atoms with E-state index in [1.54, 1.807) is 0 Å². The molecule has 1 aromatic heterocycles. The maximum absolute atomic E-state index is 13.0. The molecule has 1 saturated heterocycles. The average Bonchev–Trinajstić information content (AvgIpc) is 2.93. The van der Waals surface area contributed by atoms with Gasteiger partial charge >= 0.3 is 6.18 Å². The molecule has 1 aliphatic heterocycles. The number of halogens is 3. The topological polar surface area (TPSA) is 44.1 Å². The summed E-state index contributed by atoms with van der Waals surface area (Å²) in [5.74, 6) is 0. The molecule has 2 heterocycles. The first-order valence-electron chi connectivity index (χ1n) is 6.64. The Morgan fingerprint density at radius 3 is 2.86 bits per heavy atom.